The van der Waals surface area contributed by atoms with Crippen LogP contribution in [0.25, 0.3) is 0 Å². The van der Waals surface area contributed by atoms with E-state index in [4.69, 9.17) is 5.73 Å². The number of rotatable bonds is 1. The minimum Gasteiger partial charge on any atom is -0.389 e. The van der Waals surface area contributed by atoms with Gasteiger partial charge in [0, 0.05) is 17.8 Å². The molecule has 2 aliphatic rings. The van der Waals surface area contributed by atoms with E-state index in [0.29, 0.717) is 5.41 Å². The zero-order valence-corrected chi connectivity index (χ0v) is 24.6. The summed E-state index contributed by atoms with van der Waals surface area (Å²) in [5.74, 6) is 0.641. The van der Waals surface area contributed by atoms with E-state index < -0.39 is 0 Å². The van der Waals surface area contributed by atoms with E-state index in [1.54, 1.807) is 0 Å². The fourth-order valence-electron chi connectivity index (χ4n) is 4.99. The molecular formula is C31H55N3O. The zero-order chi connectivity index (χ0) is 27.0. The number of carbonyl (C=O) groups is 1. The molecule has 2 heterocycles. The molecule has 4 heteroatoms. The first-order valence-electron chi connectivity index (χ1n) is 13.5. The molecule has 2 aliphatic heterocycles. The molecule has 0 bridgehead atoms. The molecule has 0 radical (unpaired) electrons. The molecule has 0 saturated carbocycles. The third-order valence-corrected chi connectivity index (χ3v) is 7.26. The first kappa shape index (κ1) is 31.2. The molecule has 3 N–H and O–H groups in total. The maximum Gasteiger partial charge on any atom is 0.234 e. The number of piperidine rings is 2. The minimum atomic E-state index is -0.172. The van der Waals surface area contributed by atoms with Crippen molar-refractivity contribution in [3.05, 3.63) is 47.7 Å². The highest BCUT2D eigenvalue weighted by molar-refractivity contribution is 5.80. The number of nitrogens with one attached hydrogen (secondary N) is 1. The van der Waals surface area contributed by atoms with Gasteiger partial charge >= 0.3 is 0 Å². The number of likely N-dealkylation sites (tertiary alicyclic amines) is 1. The van der Waals surface area contributed by atoms with Crippen LogP contribution in [0.3, 0.4) is 0 Å². The second-order valence-corrected chi connectivity index (χ2v) is 13.4. The highest BCUT2D eigenvalue weighted by Crippen LogP contribution is 2.32. The Kier molecular flexibility index (Phi) is 11.5. The second-order valence-electron chi connectivity index (χ2n) is 13.4. The van der Waals surface area contributed by atoms with Crippen molar-refractivity contribution in [2.45, 2.75) is 118 Å². The number of hydrogen-bond donors (Lipinski definition) is 2. The maximum atomic E-state index is 11.2. The highest BCUT2D eigenvalue weighted by atomic mass is 16.1. The second kappa shape index (κ2) is 12.9. The molecule has 2 fully saturated rings. The van der Waals surface area contributed by atoms with Gasteiger partial charge in [-0.2, -0.15) is 0 Å². The molecule has 4 nitrogen and oxygen atoms in total. The van der Waals surface area contributed by atoms with E-state index in [1.807, 2.05) is 0 Å². The first-order chi connectivity index (χ1) is 15.9. The van der Waals surface area contributed by atoms with Crippen molar-refractivity contribution in [1.82, 2.24) is 10.2 Å². The molecule has 1 aromatic rings. The smallest absolute Gasteiger partial charge is 0.234 e. The van der Waals surface area contributed by atoms with Crippen molar-refractivity contribution in [3.63, 3.8) is 0 Å². The lowest BCUT2D eigenvalue weighted by molar-refractivity contribution is -0.127. The summed E-state index contributed by atoms with van der Waals surface area (Å²) >= 11 is 0. The van der Waals surface area contributed by atoms with E-state index in [9.17, 15) is 4.79 Å². The van der Waals surface area contributed by atoms with Gasteiger partial charge in [0.1, 0.15) is 0 Å². The summed E-state index contributed by atoms with van der Waals surface area (Å²) in [6.07, 6.45) is 5.69. The number of aryl methyl sites for hydroxylation is 1. The van der Waals surface area contributed by atoms with Crippen LogP contribution in [0, 0.1) is 18.3 Å². The largest absolute Gasteiger partial charge is 0.389 e. The van der Waals surface area contributed by atoms with Gasteiger partial charge in [-0.1, -0.05) is 78.8 Å². The molecule has 2 unspecified atom stereocenters. The summed E-state index contributed by atoms with van der Waals surface area (Å²) < 4.78 is 0. The number of nitrogens with zero attached hydrogens (tertiary/aromatic N) is 1. The fraction of sp³-hybridized carbons (Fsp3) is 0.710. The third kappa shape index (κ3) is 10.8. The molecule has 1 aromatic carbocycles. The molecular weight excluding hydrogens is 430 g/mol. The van der Waals surface area contributed by atoms with Gasteiger partial charge in [0.2, 0.25) is 5.91 Å². The van der Waals surface area contributed by atoms with Gasteiger partial charge in [-0.05, 0) is 87.8 Å². The lowest BCUT2D eigenvalue weighted by Gasteiger charge is -2.43. The molecule has 200 valence electrons. The Balaban J connectivity index is 0.000000264. The monoisotopic (exact) mass is 485 g/mol. The van der Waals surface area contributed by atoms with Crippen molar-refractivity contribution in [3.8, 4) is 0 Å². The van der Waals surface area contributed by atoms with Gasteiger partial charge in [-0.3, -0.25) is 9.69 Å². The Morgan fingerprint density at radius 2 is 1.60 bits per heavy atom. The van der Waals surface area contributed by atoms with Crippen LogP contribution in [0.1, 0.15) is 106 Å². The Morgan fingerprint density at radius 3 is 1.97 bits per heavy atom. The number of hydrogen-bond acceptors (Lipinski definition) is 3. The number of nitrogens with two attached hydrogens (primary N) is 1. The number of amides is 1. The Bertz CT molecular complexity index is 798. The summed E-state index contributed by atoms with van der Waals surface area (Å²) in [7, 11) is 0. The zero-order valence-electron chi connectivity index (χ0n) is 24.6. The summed E-state index contributed by atoms with van der Waals surface area (Å²) in [6.45, 7) is 28.3. The lowest BCUT2D eigenvalue weighted by atomic mass is 9.76. The summed E-state index contributed by atoms with van der Waals surface area (Å²) in [6, 6.07) is 8.52. The Hall–Kier alpha value is -1.81. The Morgan fingerprint density at radius 1 is 1.00 bits per heavy atom. The van der Waals surface area contributed by atoms with E-state index in [0.717, 1.165) is 38.3 Å². The molecule has 2 saturated heterocycles. The van der Waals surface area contributed by atoms with Crippen molar-refractivity contribution >= 4 is 5.91 Å². The quantitative estimate of drug-likeness (QED) is 0.452. The van der Waals surface area contributed by atoms with Crippen LogP contribution in [-0.2, 0) is 10.2 Å². The van der Waals surface area contributed by atoms with Crippen LogP contribution in [0.4, 0.5) is 0 Å². The number of allylic oxidation sites excluding steroid dienone is 1. The predicted molar refractivity (Wildman–Crippen MR) is 152 cm³/mol. The highest BCUT2D eigenvalue weighted by Gasteiger charge is 2.34. The molecule has 0 aliphatic carbocycles. The van der Waals surface area contributed by atoms with Crippen LogP contribution < -0.4 is 11.1 Å². The summed E-state index contributed by atoms with van der Waals surface area (Å²) in [5.41, 5.74) is 10.2. The Labute approximate surface area is 217 Å². The van der Waals surface area contributed by atoms with Crippen molar-refractivity contribution in [1.29, 1.82) is 0 Å². The van der Waals surface area contributed by atoms with E-state index in [2.05, 4.69) is 110 Å². The van der Waals surface area contributed by atoms with Gasteiger partial charge < -0.3 is 11.1 Å². The third-order valence-electron chi connectivity index (χ3n) is 7.26. The average Bonchev–Trinajstić information content (AvgIpc) is 2.73. The van der Waals surface area contributed by atoms with Crippen molar-refractivity contribution < 1.29 is 4.79 Å². The average molecular weight is 486 g/mol. The number of benzene rings is 1. The lowest BCUT2D eigenvalue weighted by Crippen LogP contribution is -2.55. The minimum absolute atomic E-state index is 0.0475. The van der Waals surface area contributed by atoms with Crippen LogP contribution in [0.5, 0.6) is 0 Å². The predicted octanol–water partition coefficient (Wildman–Crippen LogP) is 6.96. The van der Waals surface area contributed by atoms with Crippen LogP contribution in [0.15, 0.2) is 36.5 Å². The van der Waals surface area contributed by atoms with E-state index in [1.165, 1.54) is 29.7 Å². The topological polar surface area (TPSA) is 58.4 Å². The van der Waals surface area contributed by atoms with Crippen molar-refractivity contribution in [2.24, 2.45) is 17.1 Å². The summed E-state index contributed by atoms with van der Waals surface area (Å²) in [4.78, 5) is 13.4. The normalized spacial score (nSPS) is 21.6. The van der Waals surface area contributed by atoms with E-state index in [-0.39, 0.29) is 22.9 Å². The molecule has 35 heavy (non-hydrogen) atoms. The molecule has 0 aromatic heterocycles. The molecule has 3 rings (SSSR count). The standard InChI is InChI=1S/C11H16.C10H20N2O.C10H19N/c1-9-7-5-6-8-10(9)11(2,3)4;1-10(2,3)12-7-5-4-6-8(12)9(11)13;1-8-5-6-9(7-11-8)10(2,3)4/h5-8H,1-4H3;8H,4-7H2,1-3H3,(H2,11,13);9,11H,1,5-7H2,2-4H3. The SMILES string of the molecule is C=C1CCC(C(C)(C)C)CN1.CC(C)(C)N1CCCCC1C(N)=O.Cc1ccccc1C(C)(C)C. The van der Waals surface area contributed by atoms with Gasteiger partial charge in [-0.25, -0.2) is 0 Å². The van der Waals surface area contributed by atoms with Crippen LogP contribution in [0.2, 0.25) is 0 Å². The van der Waals surface area contributed by atoms with Crippen molar-refractivity contribution in [2.75, 3.05) is 13.1 Å². The molecule has 0 spiro atoms. The van der Waals surface area contributed by atoms with Gasteiger partial charge in [0.25, 0.3) is 0 Å². The first-order valence-corrected chi connectivity index (χ1v) is 13.5. The van der Waals surface area contributed by atoms with Gasteiger partial charge in [0.05, 0.1) is 6.04 Å². The molecule has 1 amide bonds. The summed E-state index contributed by atoms with van der Waals surface area (Å²) in [5, 5.41) is 3.34. The van der Waals surface area contributed by atoms with Gasteiger partial charge in [-0.15, -0.1) is 0 Å². The van der Waals surface area contributed by atoms with Crippen LogP contribution >= 0.6 is 0 Å². The number of primary amides is 1. The van der Waals surface area contributed by atoms with Crippen LogP contribution in [-0.4, -0.2) is 35.5 Å². The maximum absolute atomic E-state index is 11.2. The number of carbonyl (C=O) groups excluding carboxylic acids is 1. The molecule has 2 atom stereocenters. The van der Waals surface area contributed by atoms with E-state index >= 15 is 0 Å². The van der Waals surface area contributed by atoms with Gasteiger partial charge in [0.15, 0.2) is 0 Å². The fourth-order valence-corrected chi connectivity index (χ4v) is 4.99.